The van der Waals surface area contributed by atoms with Crippen molar-refractivity contribution in [1.82, 2.24) is 0 Å². The van der Waals surface area contributed by atoms with Crippen molar-refractivity contribution in [1.29, 1.82) is 0 Å². The highest BCUT2D eigenvalue weighted by Gasteiger charge is 2.22. The Bertz CT molecular complexity index is 109. The van der Waals surface area contributed by atoms with E-state index in [0.717, 1.165) is 0 Å². The molecule has 0 saturated carbocycles. The summed E-state index contributed by atoms with van der Waals surface area (Å²) in [5, 5.41) is 34.1. The van der Waals surface area contributed by atoms with Crippen LogP contribution in [0.15, 0.2) is 0 Å². The smallest absolute Gasteiger partial charge is 0.151 e. The number of aliphatic hydroxyl groups excluding tert-OH is 4. The molecule has 3 atom stereocenters. The molecule has 0 aliphatic heterocycles. The first-order valence-electron chi connectivity index (χ1n) is 2.73. The molecule has 0 fully saturated rings. The Hall–Kier alpha value is -0.140. The molecular formula is C5H12O5S. The largest absolute Gasteiger partial charge is 0.394 e. The van der Waals surface area contributed by atoms with Crippen LogP contribution in [0.1, 0.15) is 0 Å². The summed E-state index contributed by atoms with van der Waals surface area (Å²) in [5.41, 5.74) is 0. The standard InChI is InChI=1S/C5H10O5.H2S/c6-1-3(8)5(10)4(9)2-7;/h1,3-5,7-10H,2H2;1H2. The molecule has 0 bridgehead atoms. The second kappa shape index (κ2) is 6.56. The summed E-state index contributed by atoms with van der Waals surface area (Å²) in [5.74, 6) is 0. The Labute approximate surface area is 70.7 Å². The first-order valence-corrected chi connectivity index (χ1v) is 2.73. The molecule has 0 aromatic heterocycles. The first kappa shape index (κ1) is 13.4. The molecule has 0 saturated heterocycles. The highest BCUT2D eigenvalue weighted by Crippen LogP contribution is 1.96. The molecule has 68 valence electrons. The van der Waals surface area contributed by atoms with Crippen LogP contribution in [0.4, 0.5) is 0 Å². The van der Waals surface area contributed by atoms with Gasteiger partial charge in [0.1, 0.15) is 18.3 Å². The van der Waals surface area contributed by atoms with Crippen molar-refractivity contribution >= 4 is 19.8 Å². The van der Waals surface area contributed by atoms with E-state index in [0.29, 0.717) is 0 Å². The highest BCUT2D eigenvalue weighted by molar-refractivity contribution is 7.59. The van der Waals surface area contributed by atoms with E-state index in [1.807, 2.05) is 0 Å². The molecule has 0 aromatic carbocycles. The van der Waals surface area contributed by atoms with Gasteiger partial charge in [-0.25, -0.2) is 0 Å². The van der Waals surface area contributed by atoms with Gasteiger partial charge in [-0.3, -0.25) is 0 Å². The monoisotopic (exact) mass is 184 g/mol. The quantitative estimate of drug-likeness (QED) is 0.358. The Kier molecular flexibility index (Phi) is 8.02. The molecule has 4 N–H and O–H groups in total. The van der Waals surface area contributed by atoms with Gasteiger partial charge < -0.3 is 25.2 Å². The Morgan fingerprint density at radius 2 is 1.73 bits per heavy atom. The number of hydrogen-bond donors (Lipinski definition) is 4. The van der Waals surface area contributed by atoms with Crippen LogP contribution in [0, 0.1) is 0 Å². The van der Waals surface area contributed by atoms with Gasteiger partial charge in [0, 0.05) is 0 Å². The molecule has 0 amide bonds. The Morgan fingerprint density at radius 3 is 2.00 bits per heavy atom. The van der Waals surface area contributed by atoms with Crippen molar-refractivity contribution in [3.05, 3.63) is 0 Å². The minimum atomic E-state index is -1.64. The van der Waals surface area contributed by atoms with Gasteiger partial charge in [0.25, 0.3) is 0 Å². The molecule has 0 heterocycles. The SMILES string of the molecule is O=CC(O)C(O)C(O)CO.S. The van der Waals surface area contributed by atoms with Gasteiger partial charge in [-0.15, -0.1) is 0 Å². The van der Waals surface area contributed by atoms with E-state index in [4.69, 9.17) is 20.4 Å². The van der Waals surface area contributed by atoms with Crippen LogP contribution in [-0.4, -0.2) is 51.6 Å². The highest BCUT2D eigenvalue weighted by atomic mass is 32.1. The number of carbonyl (C=O) groups is 1. The molecule has 6 heteroatoms. The molecule has 0 aliphatic rings. The van der Waals surface area contributed by atoms with Crippen molar-refractivity contribution < 1.29 is 25.2 Å². The summed E-state index contributed by atoms with van der Waals surface area (Å²) < 4.78 is 0. The molecule has 3 unspecified atom stereocenters. The number of carbonyl (C=O) groups excluding carboxylic acids is 1. The predicted molar refractivity (Wildman–Crippen MR) is 41.6 cm³/mol. The van der Waals surface area contributed by atoms with Gasteiger partial charge in [0.2, 0.25) is 0 Å². The summed E-state index contributed by atoms with van der Waals surface area (Å²) in [6, 6.07) is 0. The molecule has 0 aromatic rings. The number of rotatable bonds is 4. The number of aliphatic hydroxyl groups is 4. The van der Waals surface area contributed by atoms with Crippen LogP contribution in [0.3, 0.4) is 0 Å². The van der Waals surface area contributed by atoms with E-state index in [-0.39, 0.29) is 19.8 Å². The molecule has 0 spiro atoms. The lowest BCUT2D eigenvalue weighted by Gasteiger charge is -2.16. The van der Waals surface area contributed by atoms with E-state index >= 15 is 0 Å². The van der Waals surface area contributed by atoms with Crippen LogP contribution >= 0.6 is 13.5 Å². The minimum Gasteiger partial charge on any atom is -0.394 e. The van der Waals surface area contributed by atoms with Gasteiger partial charge in [-0.1, -0.05) is 0 Å². The molecule has 0 rings (SSSR count). The molecule has 0 radical (unpaired) electrons. The van der Waals surface area contributed by atoms with E-state index in [2.05, 4.69) is 0 Å². The average molecular weight is 184 g/mol. The number of hydrogen-bond acceptors (Lipinski definition) is 5. The number of aldehydes is 1. The second-order valence-corrected chi connectivity index (χ2v) is 1.87. The fraction of sp³-hybridized carbons (Fsp3) is 0.800. The van der Waals surface area contributed by atoms with Gasteiger partial charge in [0.05, 0.1) is 6.61 Å². The van der Waals surface area contributed by atoms with Crippen LogP contribution in [0.25, 0.3) is 0 Å². The van der Waals surface area contributed by atoms with Gasteiger partial charge in [0.15, 0.2) is 6.29 Å². The Balaban J connectivity index is 0. The summed E-state index contributed by atoms with van der Waals surface area (Å²) in [6.45, 7) is -0.688. The summed E-state index contributed by atoms with van der Waals surface area (Å²) in [7, 11) is 0. The maximum atomic E-state index is 9.76. The van der Waals surface area contributed by atoms with Crippen molar-refractivity contribution in [2.75, 3.05) is 6.61 Å². The third kappa shape index (κ3) is 4.33. The third-order valence-corrected chi connectivity index (χ3v) is 1.07. The summed E-state index contributed by atoms with van der Waals surface area (Å²) in [6.07, 6.45) is -4.63. The molecule has 11 heavy (non-hydrogen) atoms. The third-order valence-electron chi connectivity index (χ3n) is 1.07. The normalized spacial score (nSPS) is 17.8. The zero-order chi connectivity index (χ0) is 8.15. The summed E-state index contributed by atoms with van der Waals surface area (Å²) >= 11 is 0. The average Bonchev–Trinajstić information content (AvgIpc) is 2.00. The molecule has 0 aliphatic carbocycles. The van der Waals surface area contributed by atoms with Crippen molar-refractivity contribution in [3.8, 4) is 0 Å². The van der Waals surface area contributed by atoms with Crippen LogP contribution in [0.2, 0.25) is 0 Å². The minimum absolute atomic E-state index is 0. The van der Waals surface area contributed by atoms with Crippen LogP contribution in [0.5, 0.6) is 0 Å². The zero-order valence-electron chi connectivity index (χ0n) is 5.71. The van der Waals surface area contributed by atoms with Crippen molar-refractivity contribution in [2.24, 2.45) is 0 Å². The van der Waals surface area contributed by atoms with E-state index in [9.17, 15) is 4.79 Å². The summed E-state index contributed by atoms with van der Waals surface area (Å²) in [4.78, 5) is 9.76. The fourth-order valence-electron chi connectivity index (χ4n) is 0.416. The zero-order valence-corrected chi connectivity index (χ0v) is 6.71. The van der Waals surface area contributed by atoms with E-state index in [1.54, 1.807) is 0 Å². The van der Waals surface area contributed by atoms with E-state index in [1.165, 1.54) is 0 Å². The first-order chi connectivity index (χ1) is 4.63. The van der Waals surface area contributed by atoms with E-state index < -0.39 is 24.9 Å². The molecule has 5 nitrogen and oxygen atoms in total. The molecular weight excluding hydrogens is 172 g/mol. The van der Waals surface area contributed by atoms with Crippen LogP contribution in [-0.2, 0) is 4.79 Å². The predicted octanol–water partition coefficient (Wildman–Crippen LogP) is -2.63. The lowest BCUT2D eigenvalue weighted by molar-refractivity contribution is -0.127. The maximum absolute atomic E-state index is 9.76. The topological polar surface area (TPSA) is 98.0 Å². The van der Waals surface area contributed by atoms with Gasteiger partial charge >= 0.3 is 0 Å². The maximum Gasteiger partial charge on any atom is 0.151 e. The van der Waals surface area contributed by atoms with Gasteiger partial charge in [-0.2, -0.15) is 13.5 Å². The second-order valence-electron chi connectivity index (χ2n) is 1.87. The van der Waals surface area contributed by atoms with Crippen molar-refractivity contribution in [3.63, 3.8) is 0 Å². The van der Waals surface area contributed by atoms with Crippen molar-refractivity contribution in [2.45, 2.75) is 18.3 Å². The fourth-order valence-corrected chi connectivity index (χ4v) is 0.416. The van der Waals surface area contributed by atoms with Crippen LogP contribution < -0.4 is 0 Å². The lowest BCUT2D eigenvalue weighted by atomic mass is 10.1. The lowest BCUT2D eigenvalue weighted by Crippen LogP contribution is -2.40. The Morgan fingerprint density at radius 1 is 1.27 bits per heavy atom. The van der Waals surface area contributed by atoms with Gasteiger partial charge in [-0.05, 0) is 0 Å².